The molecule has 0 unspecified atom stereocenters. The number of rotatable bonds is 4. The van der Waals surface area contributed by atoms with E-state index in [1.54, 1.807) is 29.2 Å². The fourth-order valence-corrected chi connectivity index (χ4v) is 4.36. The predicted molar refractivity (Wildman–Crippen MR) is 97.6 cm³/mol. The molecule has 4 nitrogen and oxygen atoms in total. The zero-order valence-electron chi connectivity index (χ0n) is 14.6. The third-order valence-electron chi connectivity index (χ3n) is 4.86. The molecular formula is C18H24F3N3OS. The number of halogens is 3. The Kier molecular flexibility index (Phi) is 6.34. The van der Waals surface area contributed by atoms with Crippen molar-refractivity contribution in [2.45, 2.75) is 42.8 Å². The van der Waals surface area contributed by atoms with Gasteiger partial charge in [-0.15, -0.1) is 11.8 Å². The molecular weight excluding hydrogens is 363 g/mol. The number of nitrogens with zero attached hydrogens (tertiary/aromatic N) is 2. The van der Waals surface area contributed by atoms with E-state index >= 15 is 0 Å². The van der Waals surface area contributed by atoms with Crippen LogP contribution in [0.3, 0.4) is 0 Å². The van der Waals surface area contributed by atoms with Gasteiger partial charge in [-0.05, 0) is 50.9 Å². The summed E-state index contributed by atoms with van der Waals surface area (Å²) in [4.78, 5) is 17.3. The monoisotopic (exact) mass is 387 g/mol. The summed E-state index contributed by atoms with van der Waals surface area (Å²) in [5.41, 5.74) is 0.440. The van der Waals surface area contributed by atoms with Gasteiger partial charge in [-0.1, -0.05) is 12.1 Å². The number of hydrogen-bond acceptors (Lipinski definition) is 3. The third-order valence-corrected chi connectivity index (χ3v) is 6.00. The predicted octanol–water partition coefficient (Wildman–Crippen LogP) is 4.43. The van der Waals surface area contributed by atoms with Crippen LogP contribution >= 0.6 is 11.8 Å². The van der Waals surface area contributed by atoms with E-state index in [1.807, 2.05) is 0 Å². The number of thioether (sulfide) groups is 1. The number of urea groups is 1. The normalized spacial score (nSPS) is 21.8. The number of carbonyl (C=O) groups is 1. The van der Waals surface area contributed by atoms with Gasteiger partial charge < -0.3 is 10.2 Å². The van der Waals surface area contributed by atoms with Crippen LogP contribution in [0.2, 0.25) is 0 Å². The smallest absolute Gasteiger partial charge is 0.323 e. The van der Waals surface area contributed by atoms with Gasteiger partial charge in [0.1, 0.15) is 0 Å². The van der Waals surface area contributed by atoms with Crippen molar-refractivity contribution in [3.05, 3.63) is 24.3 Å². The van der Waals surface area contributed by atoms with Crippen molar-refractivity contribution in [3.63, 3.8) is 0 Å². The lowest BCUT2D eigenvalue weighted by Gasteiger charge is -2.37. The Balaban J connectivity index is 1.60. The average molecular weight is 387 g/mol. The number of amides is 2. The largest absolute Gasteiger partial charge is 0.398 e. The van der Waals surface area contributed by atoms with E-state index in [4.69, 9.17) is 0 Å². The maximum Gasteiger partial charge on any atom is 0.398 e. The van der Waals surface area contributed by atoms with E-state index in [-0.39, 0.29) is 6.03 Å². The van der Waals surface area contributed by atoms with Gasteiger partial charge in [0.05, 0.1) is 11.4 Å². The Hall–Kier alpha value is -1.41. The average Bonchev–Trinajstić information content (AvgIpc) is 3.15. The molecule has 0 radical (unpaired) electrons. The van der Waals surface area contributed by atoms with Gasteiger partial charge in [-0.25, -0.2) is 4.79 Å². The maximum atomic E-state index is 12.6. The number of hydrogen-bond donors (Lipinski definition) is 1. The van der Waals surface area contributed by atoms with Crippen molar-refractivity contribution >= 4 is 23.5 Å². The second kappa shape index (κ2) is 8.52. The van der Waals surface area contributed by atoms with Crippen LogP contribution in [-0.4, -0.2) is 60.0 Å². The topological polar surface area (TPSA) is 35.6 Å². The van der Waals surface area contributed by atoms with E-state index in [2.05, 4.69) is 10.2 Å². The van der Waals surface area contributed by atoms with E-state index in [1.165, 1.54) is 12.8 Å². The first-order chi connectivity index (χ1) is 12.4. The lowest BCUT2D eigenvalue weighted by Crippen LogP contribution is -2.50. The number of carbonyl (C=O) groups excluding carboxylic acids is 1. The van der Waals surface area contributed by atoms with Gasteiger partial charge in [0.15, 0.2) is 0 Å². The molecule has 0 spiro atoms. The van der Waals surface area contributed by atoms with Crippen molar-refractivity contribution in [1.82, 2.24) is 9.80 Å². The molecule has 1 N–H and O–H groups in total. The van der Waals surface area contributed by atoms with E-state index < -0.39 is 11.9 Å². The number of piperidine rings is 1. The van der Waals surface area contributed by atoms with Gasteiger partial charge in [0, 0.05) is 24.0 Å². The molecule has 1 atom stereocenters. The second-order valence-corrected chi connectivity index (χ2v) is 7.83. The summed E-state index contributed by atoms with van der Waals surface area (Å²) in [6.45, 7) is 3.56. The number of likely N-dealkylation sites (tertiary alicyclic amines) is 2. The van der Waals surface area contributed by atoms with Crippen LogP contribution in [0.1, 0.15) is 25.7 Å². The number of para-hydroxylation sites is 1. The van der Waals surface area contributed by atoms with Crippen LogP contribution in [0.4, 0.5) is 23.7 Å². The maximum absolute atomic E-state index is 12.6. The number of alkyl halides is 3. The summed E-state index contributed by atoms with van der Waals surface area (Å²) < 4.78 is 37.5. The number of anilines is 1. The minimum atomic E-state index is -4.24. The first-order valence-electron chi connectivity index (χ1n) is 9.01. The third kappa shape index (κ3) is 5.30. The van der Waals surface area contributed by atoms with Crippen LogP contribution in [0, 0.1) is 0 Å². The zero-order valence-corrected chi connectivity index (χ0v) is 15.4. The SMILES string of the molecule is O=C(Nc1ccccc1SCC(F)(F)F)N1CCC[C@H](N2CCCC2)C1. The van der Waals surface area contributed by atoms with Gasteiger partial charge in [-0.2, -0.15) is 13.2 Å². The van der Waals surface area contributed by atoms with Crippen LogP contribution in [-0.2, 0) is 0 Å². The Morgan fingerprint density at radius 2 is 1.88 bits per heavy atom. The summed E-state index contributed by atoms with van der Waals surface area (Å²) in [5.74, 6) is -0.972. The molecule has 1 aromatic carbocycles. The van der Waals surface area contributed by atoms with Crippen molar-refractivity contribution in [2.75, 3.05) is 37.2 Å². The van der Waals surface area contributed by atoms with Gasteiger partial charge in [-0.3, -0.25) is 4.90 Å². The molecule has 2 saturated heterocycles. The zero-order chi connectivity index (χ0) is 18.6. The Bertz CT molecular complexity index is 620. The highest BCUT2D eigenvalue weighted by Gasteiger charge is 2.30. The fourth-order valence-electron chi connectivity index (χ4n) is 3.59. The molecule has 1 aromatic rings. The highest BCUT2D eigenvalue weighted by Crippen LogP contribution is 2.32. The molecule has 2 fully saturated rings. The van der Waals surface area contributed by atoms with Crippen molar-refractivity contribution in [1.29, 1.82) is 0 Å². The highest BCUT2D eigenvalue weighted by molar-refractivity contribution is 7.99. The molecule has 26 heavy (non-hydrogen) atoms. The summed E-state index contributed by atoms with van der Waals surface area (Å²) in [6.07, 6.45) is 0.247. The van der Waals surface area contributed by atoms with Crippen molar-refractivity contribution in [3.8, 4) is 0 Å². The molecule has 0 aliphatic carbocycles. The summed E-state index contributed by atoms with van der Waals surface area (Å²) >= 11 is 0.697. The van der Waals surface area contributed by atoms with Crippen LogP contribution in [0.25, 0.3) is 0 Å². The van der Waals surface area contributed by atoms with Crippen LogP contribution in [0.5, 0.6) is 0 Å². The second-order valence-electron chi connectivity index (χ2n) is 6.82. The minimum Gasteiger partial charge on any atom is -0.323 e. The molecule has 0 aromatic heterocycles. The Labute approximate surface area is 156 Å². The van der Waals surface area contributed by atoms with E-state index in [0.717, 1.165) is 25.9 Å². The summed E-state index contributed by atoms with van der Waals surface area (Å²) in [5, 5.41) is 2.81. The molecule has 144 valence electrons. The molecule has 0 bridgehead atoms. The summed E-state index contributed by atoms with van der Waals surface area (Å²) in [6, 6.07) is 6.82. The van der Waals surface area contributed by atoms with Gasteiger partial charge in [0.25, 0.3) is 0 Å². The first-order valence-corrected chi connectivity index (χ1v) is 9.99. The first kappa shape index (κ1) is 19.4. The Morgan fingerprint density at radius 3 is 2.62 bits per heavy atom. The Morgan fingerprint density at radius 1 is 1.15 bits per heavy atom. The fraction of sp³-hybridized carbons (Fsp3) is 0.611. The molecule has 0 saturated carbocycles. The van der Waals surface area contributed by atoms with Gasteiger partial charge >= 0.3 is 12.2 Å². The van der Waals surface area contributed by atoms with Gasteiger partial charge in [0.2, 0.25) is 0 Å². The number of benzene rings is 1. The van der Waals surface area contributed by atoms with E-state index in [0.29, 0.717) is 41.5 Å². The highest BCUT2D eigenvalue weighted by atomic mass is 32.2. The molecule has 8 heteroatoms. The minimum absolute atomic E-state index is 0.228. The molecule has 2 amide bonds. The molecule has 2 heterocycles. The van der Waals surface area contributed by atoms with Crippen LogP contribution < -0.4 is 5.32 Å². The molecule has 2 aliphatic rings. The quantitative estimate of drug-likeness (QED) is 0.776. The van der Waals surface area contributed by atoms with Crippen LogP contribution in [0.15, 0.2) is 29.2 Å². The lowest BCUT2D eigenvalue weighted by molar-refractivity contribution is -0.105. The summed E-state index contributed by atoms with van der Waals surface area (Å²) in [7, 11) is 0. The standard InChI is InChI=1S/C18H24F3N3OS/c19-18(20,21)13-26-16-8-2-1-7-15(16)22-17(25)24-11-5-6-14(12-24)23-9-3-4-10-23/h1-2,7-8,14H,3-6,9-13H2,(H,22,25)/t14-/m0/s1. The molecule has 2 aliphatic heterocycles. The van der Waals surface area contributed by atoms with Crippen molar-refractivity contribution < 1.29 is 18.0 Å². The number of nitrogens with one attached hydrogen (secondary N) is 1. The van der Waals surface area contributed by atoms with Crippen molar-refractivity contribution in [2.24, 2.45) is 0 Å². The lowest BCUT2D eigenvalue weighted by atomic mass is 10.0. The molecule has 3 rings (SSSR count). The van der Waals surface area contributed by atoms with E-state index in [9.17, 15) is 18.0 Å².